The van der Waals surface area contributed by atoms with Crippen molar-refractivity contribution in [1.29, 1.82) is 5.26 Å². The number of furan rings is 1. The van der Waals surface area contributed by atoms with E-state index < -0.39 is 5.82 Å². The van der Waals surface area contributed by atoms with E-state index in [4.69, 9.17) is 14.8 Å². The first-order valence-corrected chi connectivity index (χ1v) is 5.35. The zero-order valence-electron chi connectivity index (χ0n) is 9.48. The SMILES string of the molecule is N#Cc1ccc(NCc2ccc(CO)o2)c(F)c1. The zero-order valence-corrected chi connectivity index (χ0v) is 9.48. The highest BCUT2D eigenvalue weighted by Gasteiger charge is 2.05. The van der Waals surface area contributed by atoms with Gasteiger partial charge in [0.1, 0.15) is 23.9 Å². The summed E-state index contributed by atoms with van der Waals surface area (Å²) in [5, 5.41) is 20.3. The Kier molecular flexibility index (Phi) is 3.60. The van der Waals surface area contributed by atoms with Crippen molar-refractivity contribution in [3.05, 3.63) is 53.2 Å². The molecule has 0 unspecified atom stereocenters. The largest absolute Gasteiger partial charge is 0.462 e. The molecular weight excluding hydrogens is 235 g/mol. The van der Waals surface area contributed by atoms with Crippen LogP contribution in [0.15, 0.2) is 34.7 Å². The maximum absolute atomic E-state index is 13.5. The van der Waals surface area contributed by atoms with Gasteiger partial charge in [0, 0.05) is 0 Å². The van der Waals surface area contributed by atoms with Crippen molar-refractivity contribution < 1.29 is 13.9 Å². The van der Waals surface area contributed by atoms with Crippen LogP contribution in [0, 0.1) is 17.1 Å². The molecule has 1 heterocycles. The Labute approximate surface area is 103 Å². The Morgan fingerprint density at radius 1 is 1.28 bits per heavy atom. The van der Waals surface area contributed by atoms with Gasteiger partial charge in [-0.15, -0.1) is 0 Å². The van der Waals surface area contributed by atoms with Crippen LogP contribution in [-0.2, 0) is 13.2 Å². The van der Waals surface area contributed by atoms with Gasteiger partial charge in [-0.25, -0.2) is 4.39 Å². The first-order valence-electron chi connectivity index (χ1n) is 5.35. The van der Waals surface area contributed by atoms with Gasteiger partial charge in [-0.2, -0.15) is 5.26 Å². The quantitative estimate of drug-likeness (QED) is 0.869. The molecule has 0 bridgehead atoms. The number of aliphatic hydroxyl groups is 1. The van der Waals surface area contributed by atoms with Crippen LogP contribution in [0.25, 0.3) is 0 Å². The molecule has 0 saturated carbocycles. The van der Waals surface area contributed by atoms with Gasteiger partial charge in [-0.3, -0.25) is 0 Å². The lowest BCUT2D eigenvalue weighted by molar-refractivity contribution is 0.244. The molecule has 5 heteroatoms. The number of hydrogen-bond acceptors (Lipinski definition) is 4. The Morgan fingerprint density at radius 3 is 2.67 bits per heavy atom. The molecule has 0 saturated heterocycles. The lowest BCUT2D eigenvalue weighted by Gasteiger charge is -2.05. The fraction of sp³-hybridized carbons (Fsp3) is 0.154. The zero-order chi connectivity index (χ0) is 13.0. The topological polar surface area (TPSA) is 69.2 Å². The van der Waals surface area contributed by atoms with E-state index in [9.17, 15) is 4.39 Å². The van der Waals surface area contributed by atoms with Crippen molar-refractivity contribution in [2.24, 2.45) is 0 Å². The predicted octanol–water partition coefficient (Wildman–Crippen LogP) is 2.39. The molecule has 2 aromatic rings. The third kappa shape index (κ3) is 2.67. The van der Waals surface area contributed by atoms with E-state index in [-0.39, 0.29) is 12.2 Å². The lowest BCUT2D eigenvalue weighted by atomic mass is 10.2. The summed E-state index contributed by atoms with van der Waals surface area (Å²) in [5.74, 6) is 0.581. The Bertz CT molecular complexity index is 587. The molecule has 2 N–H and O–H groups in total. The van der Waals surface area contributed by atoms with Gasteiger partial charge in [0.05, 0.1) is 23.9 Å². The van der Waals surface area contributed by atoms with E-state index in [1.165, 1.54) is 18.2 Å². The maximum atomic E-state index is 13.5. The minimum absolute atomic E-state index is 0.161. The number of aliphatic hydroxyl groups excluding tert-OH is 1. The molecule has 0 aliphatic rings. The van der Waals surface area contributed by atoms with Gasteiger partial charge in [0.2, 0.25) is 0 Å². The molecule has 2 rings (SSSR count). The first kappa shape index (κ1) is 12.1. The summed E-state index contributed by atoms with van der Waals surface area (Å²) >= 11 is 0. The van der Waals surface area contributed by atoms with Crippen molar-refractivity contribution in [3.8, 4) is 6.07 Å². The highest BCUT2D eigenvalue weighted by molar-refractivity contribution is 5.48. The van der Waals surface area contributed by atoms with Crippen LogP contribution in [0.4, 0.5) is 10.1 Å². The second kappa shape index (κ2) is 5.34. The molecule has 0 amide bonds. The molecule has 18 heavy (non-hydrogen) atoms. The van der Waals surface area contributed by atoms with Crippen LogP contribution in [0.1, 0.15) is 17.1 Å². The van der Waals surface area contributed by atoms with Gasteiger partial charge in [0.25, 0.3) is 0 Å². The minimum Gasteiger partial charge on any atom is -0.462 e. The van der Waals surface area contributed by atoms with Crippen LogP contribution in [0.2, 0.25) is 0 Å². The van der Waals surface area contributed by atoms with E-state index in [0.717, 1.165) is 0 Å². The van der Waals surface area contributed by atoms with Crippen LogP contribution in [0.5, 0.6) is 0 Å². The Balaban J connectivity index is 2.04. The number of halogens is 1. The highest BCUT2D eigenvalue weighted by Crippen LogP contribution is 2.17. The molecule has 0 spiro atoms. The van der Waals surface area contributed by atoms with Gasteiger partial charge in [-0.1, -0.05) is 0 Å². The monoisotopic (exact) mass is 246 g/mol. The van der Waals surface area contributed by atoms with Crippen molar-refractivity contribution in [1.82, 2.24) is 0 Å². The normalized spacial score (nSPS) is 10.1. The third-order valence-corrected chi connectivity index (χ3v) is 2.42. The molecule has 0 radical (unpaired) electrons. The van der Waals surface area contributed by atoms with Crippen LogP contribution in [-0.4, -0.2) is 5.11 Å². The fourth-order valence-electron chi connectivity index (χ4n) is 1.51. The number of anilines is 1. The lowest BCUT2D eigenvalue weighted by Crippen LogP contribution is -2.00. The van der Waals surface area contributed by atoms with E-state index in [2.05, 4.69) is 5.32 Å². The molecule has 92 valence electrons. The smallest absolute Gasteiger partial charge is 0.147 e. The molecule has 1 aromatic heterocycles. The Morgan fingerprint density at radius 2 is 2.06 bits per heavy atom. The average molecular weight is 246 g/mol. The molecule has 0 aliphatic carbocycles. The number of nitrogens with one attached hydrogen (secondary N) is 1. The van der Waals surface area contributed by atoms with Crippen molar-refractivity contribution >= 4 is 5.69 Å². The van der Waals surface area contributed by atoms with Crippen molar-refractivity contribution in [2.75, 3.05) is 5.32 Å². The molecule has 1 aromatic carbocycles. The summed E-state index contributed by atoms with van der Waals surface area (Å²) in [7, 11) is 0. The third-order valence-electron chi connectivity index (χ3n) is 2.42. The second-order valence-electron chi connectivity index (χ2n) is 3.69. The number of nitriles is 1. The number of hydrogen-bond donors (Lipinski definition) is 2. The number of rotatable bonds is 4. The first-order chi connectivity index (χ1) is 8.72. The van der Waals surface area contributed by atoms with E-state index in [1.54, 1.807) is 12.1 Å². The molecular formula is C13H11FN2O2. The minimum atomic E-state index is -0.483. The summed E-state index contributed by atoms with van der Waals surface area (Å²) in [5.41, 5.74) is 0.578. The van der Waals surface area contributed by atoms with Gasteiger partial charge >= 0.3 is 0 Å². The summed E-state index contributed by atoms with van der Waals surface area (Å²) < 4.78 is 18.8. The maximum Gasteiger partial charge on any atom is 0.147 e. The highest BCUT2D eigenvalue weighted by atomic mass is 19.1. The van der Waals surface area contributed by atoms with Gasteiger partial charge in [-0.05, 0) is 30.3 Å². The fourth-order valence-corrected chi connectivity index (χ4v) is 1.51. The molecule has 4 nitrogen and oxygen atoms in total. The van der Waals surface area contributed by atoms with Crippen molar-refractivity contribution in [3.63, 3.8) is 0 Å². The second-order valence-corrected chi connectivity index (χ2v) is 3.69. The van der Waals surface area contributed by atoms with E-state index >= 15 is 0 Å². The summed E-state index contributed by atoms with van der Waals surface area (Å²) in [6.07, 6.45) is 0. The van der Waals surface area contributed by atoms with Crippen LogP contribution < -0.4 is 5.32 Å². The van der Waals surface area contributed by atoms with Crippen LogP contribution in [0.3, 0.4) is 0 Å². The molecule has 0 atom stereocenters. The van der Waals surface area contributed by atoms with Crippen molar-refractivity contribution in [2.45, 2.75) is 13.2 Å². The van der Waals surface area contributed by atoms with E-state index in [0.29, 0.717) is 23.8 Å². The van der Waals surface area contributed by atoms with Crippen LogP contribution >= 0.6 is 0 Å². The standard InChI is InChI=1S/C13H11FN2O2/c14-12-5-9(6-15)1-4-13(12)16-7-10-2-3-11(8-17)18-10/h1-5,16-17H,7-8H2. The molecule has 0 fully saturated rings. The summed E-state index contributed by atoms with van der Waals surface area (Å²) in [6.45, 7) is 0.147. The summed E-state index contributed by atoms with van der Waals surface area (Å²) in [4.78, 5) is 0. The van der Waals surface area contributed by atoms with Gasteiger partial charge < -0.3 is 14.8 Å². The average Bonchev–Trinajstić information content (AvgIpc) is 2.85. The Hall–Kier alpha value is -2.32. The number of nitrogens with zero attached hydrogens (tertiary/aromatic N) is 1. The van der Waals surface area contributed by atoms with Gasteiger partial charge in [0.15, 0.2) is 0 Å². The predicted molar refractivity (Wildman–Crippen MR) is 63.1 cm³/mol. The molecule has 0 aliphatic heterocycles. The van der Waals surface area contributed by atoms with E-state index in [1.807, 2.05) is 6.07 Å². The number of benzene rings is 1. The summed E-state index contributed by atoms with van der Waals surface area (Å²) in [6, 6.07) is 9.44.